The number of primary amides is 1. The molecule has 5 atom stereocenters. The quantitative estimate of drug-likeness (QED) is 0.137. The maximum Gasteiger partial charge on any atom is 0.326 e. The highest BCUT2D eigenvalue weighted by atomic mass is 16.4. The molecule has 34 heavy (non-hydrogen) atoms. The zero-order valence-electron chi connectivity index (χ0n) is 20.0. The minimum absolute atomic E-state index is 0.0483. The monoisotopic (exact) mass is 487 g/mol. The molecule has 0 aromatic rings. The van der Waals surface area contributed by atoms with Crippen molar-refractivity contribution in [2.75, 3.05) is 0 Å². The van der Waals surface area contributed by atoms with Crippen LogP contribution in [0.5, 0.6) is 0 Å². The van der Waals surface area contributed by atoms with Crippen molar-refractivity contribution in [3.8, 4) is 0 Å². The van der Waals surface area contributed by atoms with Gasteiger partial charge in [0.05, 0.1) is 12.5 Å². The van der Waals surface area contributed by atoms with E-state index in [1.807, 2.05) is 6.92 Å². The first kappa shape index (κ1) is 30.8. The standard InChI is InChI=1S/C21H37N5O8/c1-5-11(4)17(23)20(32)26-13(8-10(2)3)18(30)25-14(9-16(28)29)19(31)24-12(21(33)34)6-7-15(22)27/h10-14,17H,5-9,23H2,1-4H3,(H2,22,27)(H,24,31)(H,25,30)(H,26,32)(H,28,29)(H,33,34). The first-order valence-electron chi connectivity index (χ1n) is 11.1. The zero-order valence-corrected chi connectivity index (χ0v) is 20.0. The molecule has 13 heteroatoms. The van der Waals surface area contributed by atoms with E-state index < -0.39 is 66.2 Å². The van der Waals surface area contributed by atoms with Gasteiger partial charge >= 0.3 is 11.9 Å². The third kappa shape index (κ3) is 11.6. The van der Waals surface area contributed by atoms with Gasteiger partial charge in [-0.25, -0.2) is 4.79 Å². The molecule has 0 spiro atoms. The summed E-state index contributed by atoms with van der Waals surface area (Å²) >= 11 is 0. The van der Waals surface area contributed by atoms with Crippen molar-refractivity contribution in [3.63, 3.8) is 0 Å². The zero-order chi connectivity index (χ0) is 26.6. The first-order chi connectivity index (χ1) is 15.7. The third-order valence-electron chi connectivity index (χ3n) is 5.21. The fraction of sp³-hybridized carbons (Fsp3) is 0.714. The maximum absolute atomic E-state index is 12.9. The summed E-state index contributed by atoms with van der Waals surface area (Å²) in [5.74, 6) is -6.31. The second-order valence-electron chi connectivity index (χ2n) is 8.67. The number of carboxylic acid groups (broad SMARTS) is 2. The Morgan fingerprint density at radius 1 is 0.824 bits per heavy atom. The van der Waals surface area contributed by atoms with Gasteiger partial charge in [0.2, 0.25) is 23.6 Å². The van der Waals surface area contributed by atoms with Gasteiger partial charge in [-0.05, 0) is 24.7 Å². The van der Waals surface area contributed by atoms with Gasteiger partial charge in [-0.2, -0.15) is 0 Å². The fourth-order valence-electron chi connectivity index (χ4n) is 2.96. The van der Waals surface area contributed by atoms with Crippen LogP contribution in [0.3, 0.4) is 0 Å². The van der Waals surface area contributed by atoms with Crippen LogP contribution in [0.1, 0.15) is 59.8 Å². The van der Waals surface area contributed by atoms with Crippen molar-refractivity contribution in [3.05, 3.63) is 0 Å². The summed E-state index contributed by atoms with van der Waals surface area (Å²) in [5, 5.41) is 25.4. The number of nitrogens with two attached hydrogens (primary N) is 2. The number of hydrogen-bond acceptors (Lipinski definition) is 7. The Bertz CT molecular complexity index is 757. The van der Waals surface area contributed by atoms with Gasteiger partial charge in [0.15, 0.2) is 0 Å². The number of hydrogen-bond donors (Lipinski definition) is 7. The van der Waals surface area contributed by atoms with Crippen LogP contribution in [-0.2, 0) is 28.8 Å². The van der Waals surface area contributed by atoms with E-state index >= 15 is 0 Å². The number of carbonyl (C=O) groups is 6. The fourth-order valence-corrected chi connectivity index (χ4v) is 2.96. The van der Waals surface area contributed by atoms with E-state index in [0.717, 1.165) is 0 Å². The molecule has 0 heterocycles. The lowest BCUT2D eigenvalue weighted by atomic mass is 9.97. The van der Waals surface area contributed by atoms with E-state index in [1.54, 1.807) is 20.8 Å². The normalized spacial score (nSPS) is 15.4. The molecule has 13 nitrogen and oxygen atoms in total. The minimum Gasteiger partial charge on any atom is -0.481 e. The Kier molecular flexibility index (Phi) is 13.4. The van der Waals surface area contributed by atoms with E-state index in [2.05, 4.69) is 16.0 Å². The highest BCUT2D eigenvalue weighted by molar-refractivity contribution is 5.95. The van der Waals surface area contributed by atoms with Crippen LogP contribution in [0, 0.1) is 11.8 Å². The van der Waals surface area contributed by atoms with Crippen LogP contribution in [-0.4, -0.2) is 69.9 Å². The lowest BCUT2D eigenvalue weighted by Gasteiger charge is -2.26. The minimum atomic E-state index is -1.63. The van der Waals surface area contributed by atoms with Crippen LogP contribution in [0.15, 0.2) is 0 Å². The van der Waals surface area contributed by atoms with Crippen LogP contribution in [0.2, 0.25) is 0 Å². The van der Waals surface area contributed by atoms with E-state index in [4.69, 9.17) is 16.6 Å². The summed E-state index contributed by atoms with van der Waals surface area (Å²) in [4.78, 5) is 71.6. The van der Waals surface area contributed by atoms with Crippen molar-refractivity contribution in [2.24, 2.45) is 23.3 Å². The molecular formula is C21H37N5O8. The smallest absolute Gasteiger partial charge is 0.326 e. The lowest BCUT2D eigenvalue weighted by molar-refractivity contribution is -0.144. The topological polar surface area (TPSA) is 231 Å². The predicted octanol–water partition coefficient (Wildman–Crippen LogP) is -1.31. The number of rotatable bonds is 16. The molecule has 9 N–H and O–H groups in total. The largest absolute Gasteiger partial charge is 0.481 e. The van der Waals surface area contributed by atoms with Gasteiger partial charge in [-0.1, -0.05) is 34.1 Å². The third-order valence-corrected chi connectivity index (χ3v) is 5.21. The summed E-state index contributed by atoms with van der Waals surface area (Å²) in [7, 11) is 0. The van der Waals surface area contributed by atoms with Crippen molar-refractivity contribution in [1.82, 2.24) is 16.0 Å². The summed E-state index contributed by atoms with van der Waals surface area (Å²) in [6.07, 6.45) is -0.663. The molecule has 0 aromatic carbocycles. The molecule has 5 unspecified atom stereocenters. The summed E-state index contributed by atoms with van der Waals surface area (Å²) in [6, 6.07) is -5.12. The molecule has 0 aliphatic carbocycles. The molecule has 0 rings (SSSR count). The molecular weight excluding hydrogens is 450 g/mol. The molecule has 0 saturated heterocycles. The second kappa shape index (κ2) is 14.8. The molecule has 0 aliphatic rings. The predicted molar refractivity (Wildman–Crippen MR) is 121 cm³/mol. The molecule has 0 radical (unpaired) electrons. The summed E-state index contributed by atoms with van der Waals surface area (Å²) in [6.45, 7) is 7.25. The van der Waals surface area contributed by atoms with Crippen LogP contribution in [0.25, 0.3) is 0 Å². The van der Waals surface area contributed by atoms with Crippen LogP contribution >= 0.6 is 0 Å². The average Bonchev–Trinajstić information content (AvgIpc) is 2.73. The molecule has 0 aliphatic heterocycles. The van der Waals surface area contributed by atoms with Gasteiger partial charge in [0.1, 0.15) is 18.1 Å². The van der Waals surface area contributed by atoms with E-state index in [1.165, 1.54) is 0 Å². The molecule has 4 amide bonds. The Hall–Kier alpha value is -3.22. The maximum atomic E-state index is 12.9. The Morgan fingerprint density at radius 2 is 1.32 bits per heavy atom. The van der Waals surface area contributed by atoms with Crippen LogP contribution < -0.4 is 27.4 Å². The number of nitrogens with one attached hydrogen (secondary N) is 3. The highest BCUT2D eigenvalue weighted by Gasteiger charge is 2.32. The van der Waals surface area contributed by atoms with E-state index in [9.17, 15) is 33.9 Å². The first-order valence-corrected chi connectivity index (χ1v) is 11.1. The van der Waals surface area contributed by atoms with Crippen molar-refractivity contribution < 1.29 is 39.0 Å². The molecule has 0 fully saturated rings. The van der Waals surface area contributed by atoms with Gasteiger partial charge in [-0.15, -0.1) is 0 Å². The molecule has 0 saturated carbocycles. The van der Waals surface area contributed by atoms with Crippen molar-refractivity contribution >= 4 is 35.6 Å². The van der Waals surface area contributed by atoms with E-state index in [0.29, 0.717) is 6.42 Å². The van der Waals surface area contributed by atoms with Crippen molar-refractivity contribution in [2.45, 2.75) is 84.0 Å². The van der Waals surface area contributed by atoms with Gasteiger partial charge < -0.3 is 37.6 Å². The van der Waals surface area contributed by atoms with Gasteiger partial charge in [0, 0.05) is 6.42 Å². The molecule has 0 bridgehead atoms. The molecule has 0 aromatic heterocycles. The highest BCUT2D eigenvalue weighted by Crippen LogP contribution is 2.10. The number of amides is 4. The van der Waals surface area contributed by atoms with Gasteiger partial charge in [-0.3, -0.25) is 24.0 Å². The van der Waals surface area contributed by atoms with E-state index in [-0.39, 0.29) is 31.1 Å². The van der Waals surface area contributed by atoms with Crippen molar-refractivity contribution in [1.29, 1.82) is 0 Å². The Morgan fingerprint density at radius 3 is 1.76 bits per heavy atom. The number of carbonyl (C=O) groups excluding carboxylic acids is 4. The SMILES string of the molecule is CCC(C)C(N)C(=O)NC(CC(C)C)C(=O)NC(CC(=O)O)C(=O)NC(CCC(N)=O)C(=O)O. The lowest BCUT2D eigenvalue weighted by Crippen LogP contribution is -2.58. The summed E-state index contributed by atoms with van der Waals surface area (Å²) < 4.78 is 0. The Labute approximate surface area is 198 Å². The number of carboxylic acids is 2. The Balaban J connectivity index is 5.56. The van der Waals surface area contributed by atoms with Crippen LogP contribution in [0.4, 0.5) is 0 Å². The average molecular weight is 488 g/mol. The van der Waals surface area contributed by atoms with Gasteiger partial charge in [0.25, 0.3) is 0 Å². The molecule has 194 valence electrons. The summed E-state index contributed by atoms with van der Waals surface area (Å²) in [5.41, 5.74) is 10.9. The number of aliphatic carboxylic acids is 2. The second-order valence-corrected chi connectivity index (χ2v) is 8.67.